The van der Waals surface area contributed by atoms with Gasteiger partial charge in [0.05, 0.1) is 18.0 Å². The number of amides is 1. The van der Waals surface area contributed by atoms with Crippen LogP contribution in [0.3, 0.4) is 0 Å². The molecule has 2 aromatic heterocycles. The summed E-state index contributed by atoms with van der Waals surface area (Å²) in [5, 5.41) is 4.51. The summed E-state index contributed by atoms with van der Waals surface area (Å²) in [6.45, 7) is 6.02. The fourth-order valence-electron chi connectivity index (χ4n) is 2.44. The molecule has 0 bridgehead atoms. The van der Waals surface area contributed by atoms with Crippen LogP contribution in [0.1, 0.15) is 17.4 Å². The maximum Gasteiger partial charge on any atom is 0.237 e. The van der Waals surface area contributed by atoms with Crippen LogP contribution in [-0.4, -0.2) is 28.2 Å². The maximum absolute atomic E-state index is 12.6. The van der Waals surface area contributed by atoms with Crippen LogP contribution in [0, 0.1) is 13.8 Å². The van der Waals surface area contributed by atoms with Gasteiger partial charge in [-0.3, -0.25) is 4.79 Å². The van der Waals surface area contributed by atoms with E-state index in [2.05, 4.69) is 29.1 Å². The summed E-state index contributed by atoms with van der Waals surface area (Å²) in [5.74, 6) is 0.549. The topological polar surface area (TPSA) is 64.1 Å². The molecule has 0 aliphatic rings. The highest BCUT2D eigenvalue weighted by Crippen LogP contribution is 2.36. The Morgan fingerprint density at radius 1 is 1.28 bits per heavy atom. The standard InChI is InChI=1S/C18H19N3O2S2/c1-10-11(2)24-17-15(10)18(20-9-19-17)25-12(3)16(22)21-13-7-5-6-8-14(13)23-4/h5-9,12H,1-4H3,(H,21,22)/t12-/m0/s1. The van der Waals surface area contributed by atoms with Crippen molar-refractivity contribution in [3.05, 3.63) is 41.0 Å². The number of nitrogens with zero attached hydrogens (tertiary/aromatic N) is 2. The van der Waals surface area contributed by atoms with E-state index in [1.165, 1.54) is 22.2 Å². The number of aromatic nitrogens is 2. The SMILES string of the molecule is COc1ccccc1NC(=O)[C@H](C)Sc1ncnc2sc(C)c(C)c12. The zero-order valence-corrected chi connectivity index (χ0v) is 16.1. The van der Waals surface area contributed by atoms with Gasteiger partial charge in [0.1, 0.15) is 21.9 Å². The van der Waals surface area contributed by atoms with Crippen molar-refractivity contribution in [1.82, 2.24) is 9.97 Å². The summed E-state index contributed by atoms with van der Waals surface area (Å²) in [6, 6.07) is 7.37. The molecule has 7 heteroatoms. The average Bonchev–Trinajstić information content (AvgIpc) is 2.90. The molecule has 3 rings (SSSR count). The van der Waals surface area contributed by atoms with Gasteiger partial charge in [0.2, 0.25) is 5.91 Å². The normalized spacial score (nSPS) is 12.2. The largest absolute Gasteiger partial charge is 0.495 e. The summed E-state index contributed by atoms with van der Waals surface area (Å²) in [5.41, 5.74) is 1.85. The van der Waals surface area contributed by atoms with Gasteiger partial charge < -0.3 is 10.1 Å². The minimum atomic E-state index is -0.303. The molecule has 0 saturated heterocycles. The van der Waals surface area contributed by atoms with Gasteiger partial charge >= 0.3 is 0 Å². The number of aryl methyl sites for hydroxylation is 2. The zero-order chi connectivity index (χ0) is 18.0. The predicted molar refractivity (Wildman–Crippen MR) is 104 cm³/mol. The molecule has 1 aromatic carbocycles. The van der Waals surface area contributed by atoms with Crippen molar-refractivity contribution in [3.8, 4) is 5.75 Å². The number of thiophene rings is 1. The number of carbonyl (C=O) groups is 1. The Morgan fingerprint density at radius 2 is 2.04 bits per heavy atom. The Bertz CT molecular complexity index is 924. The number of ether oxygens (including phenoxy) is 1. The van der Waals surface area contributed by atoms with E-state index in [1.807, 2.05) is 31.2 Å². The number of benzene rings is 1. The predicted octanol–water partition coefficient (Wildman–Crippen LogP) is 4.44. The van der Waals surface area contributed by atoms with E-state index in [-0.39, 0.29) is 11.2 Å². The van der Waals surface area contributed by atoms with Gasteiger partial charge in [-0.1, -0.05) is 23.9 Å². The highest BCUT2D eigenvalue weighted by Gasteiger charge is 2.20. The van der Waals surface area contributed by atoms with Gasteiger partial charge in [-0.25, -0.2) is 9.97 Å². The van der Waals surface area contributed by atoms with E-state index < -0.39 is 0 Å². The second-order valence-corrected chi connectivity index (χ2v) is 8.12. The molecule has 0 radical (unpaired) electrons. The molecule has 2 heterocycles. The number of methoxy groups -OCH3 is 1. The number of rotatable bonds is 5. The number of hydrogen-bond acceptors (Lipinski definition) is 6. The number of hydrogen-bond donors (Lipinski definition) is 1. The van der Waals surface area contributed by atoms with E-state index in [9.17, 15) is 4.79 Å². The third-order valence-electron chi connectivity index (χ3n) is 3.95. The molecular formula is C18H19N3O2S2. The summed E-state index contributed by atoms with van der Waals surface area (Å²) < 4.78 is 5.28. The van der Waals surface area contributed by atoms with Gasteiger partial charge in [0.25, 0.3) is 0 Å². The molecule has 0 spiro atoms. The van der Waals surface area contributed by atoms with Crippen LogP contribution in [0.2, 0.25) is 0 Å². The summed E-state index contributed by atoms with van der Waals surface area (Å²) >= 11 is 3.10. The fraction of sp³-hybridized carbons (Fsp3) is 0.278. The fourth-order valence-corrected chi connectivity index (χ4v) is 4.48. The van der Waals surface area contributed by atoms with E-state index in [0.29, 0.717) is 11.4 Å². The van der Waals surface area contributed by atoms with E-state index >= 15 is 0 Å². The molecule has 3 aromatic rings. The number of fused-ring (bicyclic) bond motifs is 1. The highest BCUT2D eigenvalue weighted by atomic mass is 32.2. The maximum atomic E-state index is 12.6. The average molecular weight is 374 g/mol. The third-order valence-corrected chi connectivity index (χ3v) is 6.17. The van der Waals surface area contributed by atoms with Crippen molar-refractivity contribution in [2.75, 3.05) is 12.4 Å². The Balaban J connectivity index is 1.80. The number of nitrogens with one attached hydrogen (secondary N) is 1. The highest BCUT2D eigenvalue weighted by molar-refractivity contribution is 8.00. The molecule has 0 aliphatic heterocycles. The number of carbonyl (C=O) groups excluding carboxylic acids is 1. The second kappa shape index (κ2) is 7.41. The molecule has 0 saturated carbocycles. The van der Waals surface area contributed by atoms with Crippen molar-refractivity contribution in [3.63, 3.8) is 0 Å². The van der Waals surface area contributed by atoms with Crippen LogP contribution >= 0.6 is 23.1 Å². The number of anilines is 1. The Hall–Kier alpha value is -2.12. The first-order valence-corrected chi connectivity index (χ1v) is 9.52. The van der Waals surface area contributed by atoms with E-state index in [1.54, 1.807) is 24.8 Å². The summed E-state index contributed by atoms with van der Waals surface area (Å²) in [4.78, 5) is 23.5. The van der Waals surface area contributed by atoms with Crippen LogP contribution < -0.4 is 10.1 Å². The first-order chi connectivity index (χ1) is 12.0. The lowest BCUT2D eigenvalue weighted by Crippen LogP contribution is -2.22. The van der Waals surface area contributed by atoms with Crippen LogP contribution in [-0.2, 0) is 4.79 Å². The zero-order valence-electron chi connectivity index (χ0n) is 14.5. The summed E-state index contributed by atoms with van der Waals surface area (Å²) in [6.07, 6.45) is 1.56. The van der Waals surface area contributed by atoms with Gasteiger partial charge in [-0.05, 0) is 38.5 Å². The molecule has 0 aliphatic carbocycles. The van der Waals surface area contributed by atoms with Crippen LogP contribution in [0.25, 0.3) is 10.2 Å². The Labute approximate surface area is 154 Å². The smallest absolute Gasteiger partial charge is 0.237 e. The molecule has 130 valence electrons. The Kier molecular flexibility index (Phi) is 5.24. The van der Waals surface area contributed by atoms with Crippen molar-refractivity contribution in [2.45, 2.75) is 31.0 Å². The molecule has 25 heavy (non-hydrogen) atoms. The second-order valence-electron chi connectivity index (χ2n) is 5.59. The Morgan fingerprint density at radius 3 is 2.80 bits per heavy atom. The monoisotopic (exact) mass is 373 g/mol. The molecule has 1 N–H and O–H groups in total. The van der Waals surface area contributed by atoms with Crippen LogP contribution in [0.4, 0.5) is 5.69 Å². The number of thioether (sulfide) groups is 1. The van der Waals surface area contributed by atoms with Gasteiger partial charge in [-0.2, -0.15) is 0 Å². The first kappa shape index (κ1) is 17.7. The molecule has 0 unspecified atom stereocenters. The molecule has 1 amide bonds. The van der Waals surface area contributed by atoms with Gasteiger partial charge in [0.15, 0.2) is 0 Å². The van der Waals surface area contributed by atoms with Gasteiger partial charge in [0, 0.05) is 10.3 Å². The first-order valence-electron chi connectivity index (χ1n) is 7.82. The van der Waals surface area contributed by atoms with Gasteiger partial charge in [-0.15, -0.1) is 11.3 Å². The quantitative estimate of drug-likeness (QED) is 0.529. The van der Waals surface area contributed by atoms with Crippen LogP contribution in [0.15, 0.2) is 35.6 Å². The lowest BCUT2D eigenvalue weighted by Gasteiger charge is -2.14. The minimum Gasteiger partial charge on any atom is -0.495 e. The minimum absolute atomic E-state index is 0.0918. The molecule has 5 nitrogen and oxygen atoms in total. The lowest BCUT2D eigenvalue weighted by atomic mass is 10.2. The number of para-hydroxylation sites is 2. The summed E-state index contributed by atoms with van der Waals surface area (Å²) in [7, 11) is 1.59. The third kappa shape index (κ3) is 3.62. The lowest BCUT2D eigenvalue weighted by molar-refractivity contribution is -0.115. The van der Waals surface area contributed by atoms with Crippen molar-refractivity contribution < 1.29 is 9.53 Å². The van der Waals surface area contributed by atoms with Crippen LogP contribution in [0.5, 0.6) is 5.75 Å². The van der Waals surface area contributed by atoms with Crippen molar-refractivity contribution in [1.29, 1.82) is 0 Å². The van der Waals surface area contributed by atoms with Crippen molar-refractivity contribution in [2.24, 2.45) is 0 Å². The molecule has 1 atom stereocenters. The van der Waals surface area contributed by atoms with E-state index in [0.717, 1.165) is 15.2 Å². The molecular weight excluding hydrogens is 354 g/mol. The van der Waals surface area contributed by atoms with E-state index in [4.69, 9.17) is 4.74 Å². The molecule has 0 fully saturated rings. The van der Waals surface area contributed by atoms with Crippen molar-refractivity contribution >= 4 is 44.9 Å².